The van der Waals surface area contributed by atoms with Crippen LogP contribution in [0, 0.1) is 0 Å². The minimum Gasteiger partial charge on any atom is -0.0843 e. The minimum absolute atomic E-state index is 0.757. The monoisotopic (exact) mass is 390 g/mol. The fourth-order valence-electron chi connectivity index (χ4n) is 3.62. The Hall–Kier alpha value is -2.09. The average Bonchev–Trinajstić information content (AvgIpc) is 2.62. The highest BCUT2D eigenvalue weighted by molar-refractivity contribution is 9.10. The van der Waals surface area contributed by atoms with Gasteiger partial charge in [0.25, 0.3) is 0 Å². The van der Waals surface area contributed by atoms with Gasteiger partial charge in [-0.05, 0) is 77.6 Å². The molecular weight excluding hydrogens is 380 g/mol. The standard InChI is InChI=1S/C22H12BrCl/c23-22-18-11-8-15-3-1-2-14-4-5-16(21(18)20(14)15)12-19(22)13-6-9-17(24)10-7-13/h1-12H. The fourth-order valence-corrected chi connectivity index (χ4v) is 4.42. The summed E-state index contributed by atoms with van der Waals surface area (Å²) in [5.74, 6) is 0. The Morgan fingerprint density at radius 3 is 2.08 bits per heavy atom. The maximum Gasteiger partial charge on any atom is 0.0406 e. The molecule has 0 N–H and O–H groups in total. The van der Waals surface area contributed by atoms with Gasteiger partial charge in [-0.1, -0.05) is 66.2 Å². The molecule has 0 nitrogen and oxygen atoms in total. The van der Waals surface area contributed by atoms with Crippen LogP contribution in [-0.2, 0) is 0 Å². The molecule has 0 unspecified atom stereocenters. The first kappa shape index (κ1) is 14.3. The molecule has 0 fully saturated rings. The van der Waals surface area contributed by atoms with Crippen LogP contribution < -0.4 is 0 Å². The van der Waals surface area contributed by atoms with Crippen LogP contribution >= 0.6 is 27.5 Å². The van der Waals surface area contributed by atoms with Gasteiger partial charge in [-0.25, -0.2) is 0 Å². The summed E-state index contributed by atoms with van der Waals surface area (Å²) in [5.41, 5.74) is 2.36. The quantitative estimate of drug-likeness (QED) is 0.257. The van der Waals surface area contributed by atoms with Crippen LogP contribution in [0.4, 0.5) is 0 Å². The fraction of sp³-hybridized carbons (Fsp3) is 0. The molecular formula is C22H12BrCl. The zero-order chi connectivity index (χ0) is 16.3. The molecule has 0 saturated carbocycles. The van der Waals surface area contributed by atoms with Gasteiger partial charge < -0.3 is 0 Å². The van der Waals surface area contributed by atoms with Crippen molar-refractivity contribution in [2.45, 2.75) is 0 Å². The van der Waals surface area contributed by atoms with Crippen LogP contribution in [0.2, 0.25) is 5.02 Å². The van der Waals surface area contributed by atoms with E-state index < -0.39 is 0 Å². The van der Waals surface area contributed by atoms with Crippen molar-refractivity contribution in [2.75, 3.05) is 0 Å². The summed E-state index contributed by atoms with van der Waals surface area (Å²) >= 11 is 9.89. The lowest BCUT2D eigenvalue weighted by atomic mass is 9.91. The molecule has 0 spiro atoms. The molecule has 0 aliphatic heterocycles. The normalized spacial score (nSPS) is 11.8. The highest BCUT2D eigenvalue weighted by Gasteiger charge is 2.14. The van der Waals surface area contributed by atoms with E-state index in [9.17, 15) is 0 Å². The second kappa shape index (κ2) is 5.20. The molecule has 0 bridgehead atoms. The highest BCUT2D eigenvalue weighted by atomic mass is 79.9. The summed E-state index contributed by atoms with van der Waals surface area (Å²) in [4.78, 5) is 0. The topological polar surface area (TPSA) is 0 Å². The number of halogens is 2. The number of hydrogen-bond acceptors (Lipinski definition) is 0. The molecule has 0 aliphatic carbocycles. The van der Waals surface area contributed by atoms with Crippen molar-refractivity contribution in [1.82, 2.24) is 0 Å². The Morgan fingerprint density at radius 2 is 1.33 bits per heavy atom. The predicted molar refractivity (Wildman–Crippen MR) is 108 cm³/mol. The summed E-state index contributed by atoms with van der Waals surface area (Å²) in [6.07, 6.45) is 0. The van der Waals surface area contributed by atoms with E-state index in [1.165, 1.54) is 37.9 Å². The van der Waals surface area contributed by atoms with Gasteiger partial charge in [-0.3, -0.25) is 0 Å². The number of benzene rings is 5. The molecule has 24 heavy (non-hydrogen) atoms. The molecule has 5 aromatic rings. The van der Waals surface area contributed by atoms with E-state index in [0.717, 1.165) is 15.1 Å². The Kier molecular flexibility index (Phi) is 3.09. The molecule has 5 aromatic carbocycles. The molecule has 5 rings (SSSR count). The van der Waals surface area contributed by atoms with E-state index in [2.05, 4.69) is 76.6 Å². The molecule has 2 heteroatoms. The summed E-state index contributed by atoms with van der Waals surface area (Å²) < 4.78 is 1.13. The Morgan fingerprint density at radius 1 is 0.667 bits per heavy atom. The Bertz CT molecular complexity index is 1190. The van der Waals surface area contributed by atoms with Crippen molar-refractivity contribution in [3.05, 3.63) is 82.3 Å². The number of hydrogen-bond donors (Lipinski definition) is 0. The summed E-state index contributed by atoms with van der Waals surface area (Å²) in [5, 5.41) is 8.52. The molecule has 0 aliphatic rings. The van der Waals surface area contributed by atoms with Gasteiger partial charge in [-0.15, -0.1) is 0 Å². The van der Waals surface area contributed by atoms with Crippen molar-refractivity contribution >= 4 is 59.8 Å². The lowest BCUT2D eigenvalue weighted by molar-refractivity contribution is 1.63. The third-order valence-electron chi connectivity index (χ3n) is 4.74. The van der Waals surface area contributed by atoms with E-state index in [1.807, 2.05) is 12.1 Å². The molecule has 0 radical (unpaired) electrons. The van der Waals surface area contributed by atoms with E-state index in [-0.39, 0.29) is 0 Å². The van der Waals surface area contributed by atoms with E-state index in [4.69, 9.17) is 11.6 Å². The molecule has 0 heterocycles. The van der Waals surface area contributed by atoms with E-state index >= 15 is 0 Å². The molecule has 114 valence electrons. The molecule has 0 aromatic heterocycles. The second-order valence-electron chi connectivity index (χ2n) is 6.10. The Labute approximate surface area is 153 Å². The van der Waals surface area contributed by atoms with Gasteiger partial charge in [0, 0.05) is 9.50 Å². The zero-order valence-corrected chi connectivity index (χ0v) is 15.0. The van der Waals surface area contributed by atoms with Gasteiger partial charge in [0.1, 0.15) is 0 Å². The molecule has 0 amide bonds. The van der Waals surface area contributed by atoms with Crippen LogP contribution in [0.1, 0.15) is 0 Å². The summed E-state index contributed by atoms with van der Waals surface area (Å²) in [6, 6.07) is 25.6. The summed E-state index contributed by atoms with van der Waals surface area (Å²) in [7, 11) is 0. The van der Waals surface area contributed by atoms with Gasteiger partial charge in [-0.2, -0.15) is 0 Å². The van der Waals surface area contributed by atoms with Crippen molar-refractivity contribution < 1.29 is 0 Å². The maximum absolute atomic E-state index is 6.04. The van der Waals surface area contributed by atoms with Crippen LogP contribution in [0.25, 0.3) is 43.4 Å². The van der Waals surface area contributed by atoms with Gasteiger partial charge in [0.15, 0.2) is 0 Å². The maximum atomic E-state index is 6.04. The van der Waals surface area contributed by atoms with E-state index in [1.54, 1.807) is 0 Å². The van der Waals surface area contributed by atoms with Crippen molar-refractivity contribution in [2.24, 2.45) is 0 Å². The van der Waals surface area contributed by atoms with Gasteiger partial charge in [0.05, 0.1) is 0 Å². The first-order valence-electron chi connectivity index (χ1n) is 7.84. The van der Waals surface area contributed by atoms with Crippen LogP contribution in [0.3, 0.4) is 0 Å². The molecule has 0 saturated heterocycles. The minimum atomic E-state index is 0.757. The van der Waals surface area contributed by atoms with Gasteiger partial charge in [0.2, 0.25) is 0 Å². The lowest BCUT2D eigenvalue weighted by Crippen LogP contribution is -1.88. The van der Waals surface area contributed by atoms with Crippen molar-refractivity contribution in [3.63, 3.8) is 0 Å². The molecule has 0 atom stereocenters. The summed E-state index contributed by atoms with van der Waals surface area (Å²) in [6.45, 7) is 0. The van der Waals surface area contributed by atoms with Crippen LogP contribution in [0.5, 0.6) is 0 Å². The largest absolute Gasteiger partial charge is 0.0843 e. The van der Waals surface area contributed by atoms with Gasteiger partial charge >= 0.3 is 0 Å². The van der Waals surface area contributed by atoms with Crippen molar-refractivity contribution in [3.8, 4) is 11.1 Å². The average molecular weight is 392 g/mol. The second-order valence-corrected chi connectivity index (χ2v) is 7.33. The highest BCUT2D eigenvalue weighted by Crippen LogP contribution is 2.42. The predicted octanol–water partition coefficient (Wildman–Crippen LogP) is 7.67. The number of rotatable bonds is 1. The SMILES string of the molecule is Clc1ccc(-c2cc3ccc4cccc5ccc(c2Br)c3c45)cc1. The smallest absolute Gasteiger partial charge is 0.0406 e. The Balaban J connectivity index is 1.94. The third kappa shape index (κ3) is 1.98. The van der Waals surface area contributed by atoms with Crippen LogP contribution in [0.15, 0.2) is 77.3 Å². The van der Waals surface area contributed by atoms with Crippen molar-refractivity contribution in [1.29, 1.82) is 0 Å². The van der Waals surface area contributed by atoms with Crippen LogP contribution in [-0.4, -0.2) is 0 Å². The lowest BCUT2D eigenvalue weighted by Gasteiger charge is -2.15. The third-order valence-corrected chi connectivity index (χ3v) is 5.84. The van der Waals surface area contributed by atoms with E-state index in [0.29, 0.717) is 0 Å². The zero-order valence-electron chi connectivity index (χ0n) is 12.7. The first-order chi connectivity index (χ1) is 11.7. The first-order valence-corrected chi connectivity index (χ1v) is 9.01.